The summed E-state index contributed by atoms with van der Waals surface area (Å²) in [5, 5.41) is 8.71. The van der Waals surface area contributed by atoms with Crippen LogP contribution in [0.15, 0.2) is 24.3 Å². The van der Waals surface area contributed by atoms with Crippen molar-refractivity contribution in [3.63, 3.8) is 0 Å². The van der Waals surface area contributed by atoms with Crippen molar-refractivity contribution in [3.05, 3.63) is 33.4 Å². The van der Waals surface area contributed by atoms with Crippen LogP contribution in [0.3, 0.4) is 0 Å². The number of rotatable bonds is 4. The lowest BCUT2D eigenvalue weighted by atomic mass is 10.2. The zero-order valence-electron chi connectivity index (χ0n) is 9.25. The zero-order valence-corrected chi connectivity index (χ0v) is 11.4. The normalized spacial score (nSPS) is 11.4. The molecule has 0 saturated carbocycles. The smallest absolute Gasteiger partial charge is 0.395 e. The molecule has 0 atom stereocenters. The Hall–Kier alpha value is -0.830. The van der Waals surface area contributed by atoms with Crippen LogP contribution in [0.25, 0.3) is 0 Å². The van der Waals surface area contributed by atoms with Crippen LogP contribution in [-0.4, -0.2) is 41.8 Å². The second kappa shape index (κ2) is 6.37. The second-order valence-electron chi connectivity index (χ2n) is 3.57. The maximum atomic E-state index is 12.3. The standard InChI is InChI=1S/C11H11F3INO2/c12-11(13,14)7-16(5-6-17)10(18)8-1-3-9(15)4-2-8/h1-4,17H,5-7H2. The highest BCUT2D eigenvalue weighted by Crippen LogP contribution is 2.18. The summed E-state index contributed by atoms with van der Waals surface area (Å²) < 4.78 is 37.8. The second-order valence-corrected chi connectivity index (χ2v) is 4.82. The Kier molecular flexibility index (Phi) is 5.39. The molecule has 7 heteroatoms. The average Bonchev–Trinajstić information content (AvgIpc) is 2.27. The Morgan fingerprint density at radius 1 is 1.28 bits per heavy atom. The highest BCUT2D eigenvalue weighted by atomic mass is 127. The number of aliphatic hydroxyl groups is 1. The van der Waals surface area contributed by atoms with E-state index in [0.717, 1.165) is 3.57 Å². The molecule has 3 nitrogen and oxygen atoms in total. The maximum Gasteiger partial charge on any atom is 0.406 e. The SMILES string of the molecule is O=C(c1ccc(I)cc1)N(CCO)CC(F)(F)F. The quantitative estimate of drug-likeness (QED) is 0.823. The van der Waals surface area contributed by atoms with Crippen molar-refractivity contribution in [2.24, 2.45) is 0 Å². The van der Waals surface area contributed by atoms with Crippen LogP contribution in [0.1, 0.15) is 10.4 Å². The molecular formula is C11H11F3INO2. The van der Waals surface area contributed by atoms with Crippen LogP contribution in [0.4, 0.5) is 13.2 Å². The number of halogens is 4. The lowest BCUT2D eigenvalue weighted by Gasteiger charge is -2.23. The lowest BCUT2D eigenvalue weighted by molar-refractivity contribution is -0.141. The van der Waals surface area contributed by atoms with Gasteiger partial charge in [-0.25, -0.2) is 0 Å². The predicted octanol–water partition coefficient (Wildman–Crippen LogP) is 2.29. The van der Waals surface area contributed by atoms with Crippen molar-refractivity contribution in [2.75, 3.05) is 19.7 Å². The Morgan fingerprint density at radius 2 is 1.83 bits per heavy atom. The molecule has 0 bridgehead atoms. The van der Waals surface area contributed by atoms with Gasteiger partial charge in [0.1, 0.15) is 6.54 Å². The molecule has 1 aromatic carbocycles. The fourth-order valence-corrected chi connectivity index (χ4v) is 1.72. The maximum absolute atomic E-state index is 12.3. The summed E-state index contributed by atoms with van der Waals surface area (Å²) in [5.41, 5.74) is 0.174. The first-order valence-corrected chi connectivity index (χ1v) is 6.14. The molecule has 1 aromatic rings. The molecule has 0 saturated heterocycles. The molecule has 0 radical (unpaired) electrons. The minimum atomic E-state index is -4.48. The van der Waals surface area contributed by atoms with E-state index >= 15 is 0 Å². The minimum absolute atomic E-state index is 0.174. The van der Waals surface area contributed by atoms with Gasteiger partial charge in [0.25, 0.3) is 5.91 Å². The summed E-state index contributed by atoms with van der Waals surface area (Å²) in [5.74, 6) is -0.738. The van der Waals surface area contributed by atoms with Crippen molar-refractivity contribution in [3.8, 4) is 0 Å². The topological polar surface area (TPSA) is 40.5 Å². The molecule has 0 unspecified atom stereocenters. The largest absolute Gasteiger partial charge is 0.406 e. The number of carbonyl (C=O) groups is 1. The molecule has 18 heavy (non-hydrogen) atoms. The van der Waals surface area contributed by atoms with Gasteiger partial charge < -0.3 is 10.0 Å². The summed E-state index contributed by atoms with van der Waals surface area (Å²) in [7, 11) is 0. The van der Waals surface area contributed by atoms with Gasteiger partial charge in [-0.05, 0) is 46.9 Å². The van der Waals surface area contributed by atoms with Crippen molar-refractivity contribution in [1.82, 2.24) is 4.90 Å². The number of aliphatic hydroxyl groups excluding tert-OH is 1. The van der Waals surface area contributed by atoms with Crippen LogP contribution >= 0.6 is 22.6 Å². The molecule has 0 aromatic heterocycles. The molecule has 0 aliphatic rings. The van der Waals surface area contributed by atoms with Crippen LogP contribution in [0, 0.1) is 3.57 Å². The molecule has 1 N–H and O–H groups in total. The predicted molar refractivity (Wildman–Crippen MR) is 68.2 cm³/mol. The van der Waals surface area contributed by atoms with Crippen LogP contribution in [0.5, 0.6) is 0 Å². The van der Waals surface area contributed by atoms with Crippen molar-refractivity contribution >= 4 is 28.5 Å². The van der Waals surface area contributed by atoms with Gasteiger partial charge >= 0.3 is 6.18 Å². The van der Waals surface area contributed by atoms with Gasteiger partial charge in [-0.2, -0.15) is 13.2 Å². The van der Waals surface area contributed by atoms with E-state index in [2.05, 4.69) is 0 Å². The Bertz CT molecular complexity index is 406. The first-order chi connectivity index (χ1) is 8.33. The first kappa shape index (κ1) is 15.2. The van der Waals surface area contributed by atoms with Crippen LogP contribution in [-0.2, 0) is 0 Å². The van der Waals surface area contributed by atoms with E-state index in [1.165, 1.54) is 12.1 Å². The molecule has 100 valence electrons. The number of amides is 1. The number of alkyl halides is 3. The number of hydrogen-bond acceptors (Lipinski definition) is 2. The summed E-state index contributed by atoms with van der Waals surface area (Å²) in [6.07, 6.45) is -4.48. The van der Waals surface area contributed by atoms with E-state index < -0.39 is 25.2 Å². The van der Waals surface area contributed by atoms with E-state index in [4.69, 9.17) is 5.11 Å². The summed E-state index contributed by atoms with van der Waals surface area (Å²) in [6.45, 7) is -2.21. The lowest BCUT2D eigenvalue weighted by Crippen LogP contribution is -2.40. The number of carbonyl (C=O) groups excluding carboxylic acids is 1. The van der Waals surface area contributed by atoms with Gasteiger partial charge in [-0.15, -0.1) is 0 Å². The van der Waals surface area contributed by atoms with E-state index in [1.807, 2.05) is 22.6 Å². The van der Waals surface area contributed by atoms with Gasteiger partial charge in [0, 0.05) is 15.7 Å². The van der Waals surface area contributed by atoms with E-state index in [0.29, 0.717) is 4.90 Å². The third kappa shape index (κ3) is 4.81. The molecule has 0 heterocycles. The first-order valence-electron chi connectivity index (χ1n) is 5.06. The number of hydrogen-bond donors (Lipinski definition) is 1. The van der Waals surface area contributed by atoms with Crippen LogP contribution < -0.4 is 0 Å². The fraction of sp³-hybridized carbons (Fsp3) is 0.364. The molecule has 0 fully saturated rings. The van der Waals surface area contributed by atoms with Gasteiger partial charge in [0.15, 0.2) is 0 Å². The fourth-order valence-electron chi connectivity index (χ4n) is 1.36. The molecule has 0 aliphatic heterocycles. The summed E-state index contributed by atoms with van der Waals surface area (Å²) in [6, 6.07) is 6.20. The number of nitrogens with zero attached hydrogens (tertiary/aromatic N) is 1. The third-order valence-electron chi connectivity index (χ3n) is 2.12. The monoisotopic (exact) mass is 373 g/mol. The van der Waals surface area contributed by atoms with Gasteiger partial charge in [-0.3, -0.25) is 4.79 Å². The van der Waals surface area contributed by atoms with E-state index in [1.54, 1.807) is 12.1 Å². The average molecular weight is 373 g/mol. The van der Waals surface area contributed by atoms with Crippen molar-refractivity contribution in [1.29, 1.82) is 0 Å². The summed E-state index contributed by atoms with van der Waals surface area (Å²) in [4.78, 5) is 12.4. The minimum Gasteiger partial charge on any atom is -0.395 e. The van der Waals surface area contributed by atoms with Gasteiger partial charge in [-0.1, -0.05) is 0 Å². The van der Waals surface area contributed by atoms with Crippen molar-refractivity contribution < 1.29 is 23.1 Å². The molecule has 1 amide bonds. The van der Waals surface area contributed by atoms with Crippen LogP contribution in [0.2, 0.25) is 0 Å². The Morgan fingerprint density at radius 3 is 2.28 bits per heavy atom. The van der Waals surface area contributed by atoms with Gasteiger partial charge in [0.05, 0.1) is 6.61 Å². The number of benzene rings is 1. The highest BCUT2D eigenvalue weighted by molar-refractivity contribution is 14.1. The Balaban J connectivity index is 2.85. The van der Waals surface area contributed by atoms with E-state index in [9.17, 15) is 18.0 Å². The molecule has 1 rings (SSSR count). The van der Waals surface area contributed by atoms with E-state index in [-0.39, 0.29) is 12.1 Å². The van der Waals surface area contributed by atoms with Crippen molar-refractivity contribution in [2.45, 2.75) is 6.18 Å². The third-order valence-corrected chi connectivity index (χ3v) is 2.84. The molecule has 0 aliphatic carbocycles. The highest BCUT2D eigenvalue weighted by Gasteiger charge is 2.33. The molecular weight excluding hydrogens is 362 g/mol. The molecule has 0 spiro atoms. The Labute approximate surface area is 116 Å². The van der Waals surface area contributed by atoms with Gasteiger partial charge in [0.2, 0.25) is 0 Å². The zero-order chi connectivity index (χ0) is 13.8. The summed E-state index contributed by atoms with van der Waals surface area (Å²) >= 11 is 2.03.